The molecule has 0 heterocycles. The summed E-state index contributed by atoms with van der Waals surface area (Å²) < 4.78 is 6.28. The van der Waals surface area contributed by atoms with E-state index in [0.717, 1.165) is 28.6 Å². The zero-order valence-electron chi connectivity index (χ0n) is 9.75. The number of carbonyl (C=O) groups excluding carboxylic acids is 1. The lowest BCUT2D eigenvalue weighted by molar-refractivity contribution is -0.119. The summed E-state index contributed by atoms with van der Waals surface area (Å²) in [6.07, 6.45) is 2.95. The lowest BCUT2D eigenvalue weighted by Gasteiger charge is -2.08. The number of carbonyl (C=O) groups is 1. The fourth-order valence-corrected chi connectivity index (χ4v) is 2.03. The molecule has 0 atom stereocenters. The molecule has 0 aliphatic carbocycles. The number of hydrogen-bond acceptors (Lipinski definition) is 2. The second-order valence-electron chi connectivity index (χ2n) is 3.74. The smallest absolute Gasteiger partial charge is 0.133 e. The summed E-state index contributed by atoms with van der Waals surface area (Å²) >= 11 is 3.42. The number of ketones is 1. The van der Waals surface area contributed by atoms with Crippen molar-refractivity contribution in [2.75, 3.05) is 7.11 Å². The van der Waals surface area contributed by atoms with Crippen molar-refractivity contribution < 1.29 is 9.53 Å². The number of benzene rings is 1. The first-order valence-corrected chi connectivity index (χ1v) is 6.30. The molecule has 1 aromatic rings. The van der Waals surface area contributed by atoms with Crippen LogP contribution in [-0.4, -0.2) is 12.9 Å². The first-order chi connectivity index (χ1) is 7.67. The van der Waals surface area contributed by atoms with Gasteiger partial charge in [0, 0.05) is 17.3 Å². The zero-order valence-corrected chi connectivity index (χ0v) is 11.3. The molecule has 0 spiro atoms. The molecule has 1 rings (SSSR count). The minimum atomic E-state index is 0.324. The van der Waals surface area contributed by atoms with Crippen molar-refractivity contribution in [2.45, 2.75) is 32.6 Å². The second-order valence-corrected chi connectivity index (χ2v) is 4.66. The summed E-state index contributed by atoms with van der Waals surface area (Å²) in [6.45, 7) is 2.03. The topological polar surface area (TPSA) is 26.3 Å². The molecule has 88 valence electrons. The standard InChI is InChI=1S/C13H17BrO2/c1-3-4-12(15)7-5-10-9-11(14)6-8-13(10)16-2/h6,8-9H,3-5,7H2,1-2H3. The van der Waals surface area contributed by atoms with Crippen LogP contribution in [0, 0.1) is 0 Å². The predicted molar refractivity (Wildman–Crippen MR) is 68.9 cm³/mol. The van der Waals surface area contributed by atoms with E-state index < -0.39 is 0 Å². The van der Waals surface area contributed by atoms with Crippen LogP contribution in [0.3, 0.4) is 0 Å². The first kappa shape index (κ1) is 13.2. The van der Waals surface area contributed by atoms with E-state index >= 15 is 0 Å². The number of aryl methyl sites for hydroxylation is 1. The third-order valence-electron chi connectivity index (χ3n) is 2.44. The van der Waals surface area contributed by atoms with Crippen molar-refractivity contribution in [2.24, 2.45) is 0 Å². The molecule has 0 saturated carbocycles. The largest absolute Gasteiger partial charge is 0.496 e. The number of halogens is 1. The van der Waals surface area contributed by atoms with Gasteiger partial charge in [-0.2, -0.15) is 0 Å². The molecule has 0 aliphatic heterocycles. The van der Waals surface area contributed by atoms with Gasteiger partial charge in [-0.1, -0.05) is 22.9 Å². The van der Waals surface area contributed by atoms with Crippen molar-refractivity contribution in [1.29, 1.82) is 0 Å². The van der Waals surface area contributed by atoms with Gasteiger partial charge in [0.2, 0.25) is 0 Å². The van der Waals surface area contributed by atoms with E-state index in [-0.39, 0.29) is 0 Å². The molecule has 0 aromatic heterocycles. The predicted octanol–water partition coefficient (Wildman–Crippen LogP) is 3.76. The molecular formula is C13H17BrO2. The Morgan fingerprint density at radius 3 is 2.75 bits per heavy atom. The Balaban J connectivity index is 2.65. The van der Waals surface area contributed by atoms with Gasteiger partial charge < -0.3 is 4.74 Å². The van der Waals surface area contributed by atoms with E-state index in [4.69, 9.17) is 4.74 Å². The van der Waals surface area contributed by atoms with Gasteiger partial charge in [-0.25, -0.2) is 0 Å². The van der Waals surface area contributed by atoms with Gasteiger partial charge in [0.15, 0.2) is 0 Å². The third kappa shape index (κ3) is 3.97. The maximum Gasteiger partial charge on any atom is 0.133 e. The van der Waals surface area contributed by atoms with E-state index in [9.17, 15) is 4.79 Å². The van der Waals surface area contributed by atoms with Gasteiger partial charge in [0.05, 0.1) is 7.11 Å². The Bertz CT molecular complexity index is 361. The van der Waals surface area contributed by atoms with Gasteiger partial charge in [-0.15, -0.1) is 0 Å². The molecule has 2 nitrogen and oxygen atoms in total. The van der Waals surface area contributed by atoms with Crippen LogP contribution >= 0.6 is 15.9 Å². The summed E-state index contributed by atoms with van der Waals surface area (Å²) in [7, 11) is 1.65. The minimum absolute atomic E-state index is 0.324. The molecule has 0 N–H and O–H groups in total. The molecule has 0 unspecified atom stereocenters. The van der Waals surface area contributed by atoms with Gasteiger partial charge >= 0.3 is 0 Å². The van der Waals surface area contributed by atoms with Crippen LogP contribution in [0.1, 0.15) is 31.7 Å². The van der Waals surface area contributed by atoms with Gasteiger partial charge in [-0.05, 0) is 36.6 Å². The SMILES string of the molecule is CCCC(=O)CCc1cc(Br)ccc1OC. The fraction of sp³-hybridized carbons (Fsp3) is 0.462. The molecule has 16 heavy (non-hydrogen) atoms. The molecule has 0 bridgehead atoms. The van der Waals surface area contributed by atoms with Crippen LogP contribution in [0.5, 0.6) is 5.75 Å². The molecule has 0 saturated heterocycles. The van der Waals surface area contributed by atoms with Crippen molar-refractivity contribution in [1.82, 2.24) is 0 Å². The molecular weight excluding hydrogens is 268 g/mol. The number of hydrogen-bond donors (Lipinski definition) is 0. The van der Waals surface area contributed by atoms with Crippen molar-refractivity contribution in [3.8, 4) is 5.75 Å². The quantitative estimate of drug-likeness (QED) is 0.795. The van der Waals surface area contributed by atoms with Crippen LogP contribution in [-0.2, 0) is 11.2 Å². The molecule has 0 amide bonds. The number of rotatable bonds is 6. The molecule has 0 radical (unpaired) electrons. The lowest BCUT2D eigenvalue weighted by atomic mass is 10.0. The van der Waals surface area contributed by atoms with Crippen LogP contribution < -0.4 is 4.74 Å². The highest BCUT2D eigenvalue weighted by Gasteiger charge is 2.06. The Morgan fingerprint density at radius 1 is 1.38 bits per heavy atom. The summed E-state index contributed by atoms with van der Waals surface area (Å²) in [4.78, 5) is 11.4. The summed E-state index contributed by atoms with van der Waals surface area (Å²) in [5.74, 6) is 1.18. The summed E-state index contributed by atoms with van der Waals surface area (Å²) in [5.41, 5.74) is 1.08. The highest BCUT2D eigenvalue weighted by Crippen LogP contribution is 2.24. The Labute approximate surface area is 105 Å². The summed E-state index contributed by atoms with van der Waals surface area (Å²) in [6, 6.07) is 5.87. The minimum Gasteiger partial charge on any atom is -0.496 e. The highest BCUT2D eigenvalue weighted by molar-refractivity contribution is 9.10. The van der Waals surface area contributed by atoms with Crippen molar-refractivity contribution >= 4 is 21.7 Å². The average Bonchev–Trinajstić information content (AvgIpc) is 2.27. The van der Waals surface area contributed by atoms with Crippen LogP contribution in [0.25, 0.3) is 0 Å². The Hall–Kier alpha value is -0.830. The van der Waals surface area contributed by atoms with E-state index in [1.165, 1.54) is 0 Å². The van der Waals surface area contributed by atoms with Crippen molar-refractivity contribution in [3.05, 3.63) is 28.2 Å². The van der Waals surface area contributed by atoms with Crippen molar-refractivity contribution in [3.63, 3.8) is 0 Å². The zero-order chi connectivity index (χ0) is 12.0. The summed E-state index contributed by atoms with van der Waals surface area (Å²) in [5, 5.41) is 0. The Kier molecular flexibility index (Phi) is 5.53. The average molecular weight is 285 g/mol. The van der Waals surface area contributed by atoms with Crippen LogP contribution in [0.15, 0.2) is 22.7 Å². The normalized spacial score (nSPS) is 10.2. The monoisotopic (exact) mass is 284 g/mol. The van der Waals surface area contributed by atoms with Gasteiger partial charge in [0.25, 0.3) is 0 Å². The molecule has 0 fully saturated rings. The fourth-order valence-electron chi connectivity index (χ4n) is 1.62. The van der Waals surface area contributed by atoms with Crippen LogP contribution in [0.4, 0.5) is 0 Å². The number of Topliss-reactive ketones (excluding diaryl/α,β-unsaturated/α-hetero) is 1. The third-order valence-corrected chi connectivity index (χ3v) is 2.94. The first-order valence-electron chi connectivity index (χ1n) is 5.51. The Morgan fingerprint density at radius 2 is 2.12 bits per heavy atom. The lowest BCUT2D eigenvalue weighted by Crippen LogP contribution is -2.00. The van der Waals surface area contributed by atoms with E-state index in [0.29, 0.717) is 18.6 Å². The number of ether oxygens (including phenoxy) is 1. The van der Waals surface area contributed by atoms with E-state index in [1.807, 2.05) is 25.1 Å². The maximum absolute atomic E-state index is 11.4. The van der Waals surface area contributed by atoms with E-state index in [2.05, 4.69) is 15.9 Å². The number of methoxy groups -OCH3 is 1. The van der Waals surface area contributed by atoms with E-state index in [1.54, 1.807) is 7.11 Å². The van der Waals surface area contributed by atoms with Gasteiger partial charge in [-0.3, -0.25) is 4.79 Å². The highest BCUT2D eigenvalue weighted by atomic mass is 79.9. The molecule has 0 aliphatic rings. The van der Waals surface area contributed by atoms with Gasteiger partial charge in [0.1, 0.15) is 11.5 Å². The molecule has 3 heteroatoms. The van der Waals surface area contributed by atoms with Crippen LogP contribution in [0.2, 0.25) is 0 Å². The maximum atomic E-state index is 11.4. The molecule has 1 aromatic carbocycles. The second kappa shape index (κ2) is 6.69.